The Morgan fingerprint density at radius 1 is 0.810 bits per heavy atom. The number of halogens is 1. The van der Waals surface area contributed by atoms with Crippen molar-refractivity contribution in [1.29, 1.82) is 0 Å². The highest BCUT2D eigenvalue weighted by atomic mass is 79.9. The number of aromatic nitrogens is 2. The topological polar surface area (TPSA) is 25.8 Å². The molecule has 0 saturated heterocycles. The number of rotatable bonds is 1. The molecule has 100 valence electrons. The van der Waals surface area contributed by atoms with Crippen molar-refractivity contribution in [2.45, 2.75) is 0 Å². The number of para-hydroxylation sites is 1. The van der Waals surface area contributed by atoms with E-state index in [0.29, 0.717) is 0 Å². The van der Waals surface area contributed by atoms with Crippen LogP contribution in [-0.2, 0) is 0 Å². The summed E-state index contributed by atoms with van der Waals surface area (Å²) >= 11 is 3.56. The van der Waals surface area contributed by atoms with Gasteiger partial charge in [-0.3, -0.25) is 4.98 Å². The first-order chi connectivity index (χ1) is 10.3. The Morgan fingerprint density at radius 2 is 1.67 bits per heavy atom. The summed E-state index contributed by atoms with van der Waals surface area (Å²) in [6, 6.07) is 20.4. The number of pyridine rings is 2. The standard InChI is InChI=1S/C18H11BrN2/c19-15-5-3-7-18-14(15)8-9-17(21-18)13-10-12-4-1-2-6-16(12)20-11-13/h1-11H. The van der Waals surface area contributed by atoms with Crippen LogP contribution < -0.4 is 0 Å². The fourth-order valence-electron chi connectivity index (χ4n) is 2.49. The van der Waals surface area contributed by atoms with Gasteiger partial charge in [-0.15, -0.1) is 0 Å². The fraction of sp³-hybridized carbons (Fsp3) is 0. The van der Waals surface area contributed by atoms with Crippen molar-refractivity contribution in [2.24, 2.45) is 0 Å². The van der Waals surface area contributed by atoms with Gasteiger partial charge in [-0.1, -0.05) is 40.2 Å². The van der Waals surface area contributed by atoms with Crippen molar-refractivity contribution < 1.29 is 0 Å². The Morgan fingerprint density at radius 3 is 2.62 bits per heavy atom. The zero-order chi connectivity index (χ0) is 14.2. The molecule has 2 nitrogen and oxygen atoms in total. The molecule has 0 radical (unpaired) electrons. The van der Waals surface area contributed by atoms with Crippen LogP contribution in [0.3, 0.4) is 0 Å². The van der Waals surface area contributed by atoms with Crippen LogP contribution >= 0.6 is 15.9 Å². The van der Waals surface area contributed by atoms with Gasteiger partial charge in [-0.05, 0) is 36.4 Å². The molecule has 0 aliphatic rings. The van der Waals surface area contributed by atoms with Gasteiger partial charge in [-0.25, -0.2) is 4.98 Å². The predicted octanol–water partition coefficient (Wildman–Crippen LogP) is 5.21. The summed E-state index contributed by atoms with van der Waals surface area (Å²) in [5.41, 5.74) is 3.97. The van der Waals surface area contributed by atoms with Crippen LogP contribution in [0.15, 0.2) is 71.3 Å². The van der Waals surface area contributed by atoms with E-state index in [1.54, 1.807) is 0 Å². The molecule has 3 heteroatoms. The lowest BCUT2D eigenvalue weighted by molar-refractivity contribution is 1.35. The molecule has 0 aliphatic carbocycles. The molecule has 0 spiro atoms. The Kier molecular flexibility index (Phi) is 2.93. The average Bonchev–Trinajstić information content (AvgIpc) is 2.54. The normalized spacial score (nSPS) is 11.1. The van der Waals surface area contributed by atoms with Gasteiger partial charge in [0.25, 0.3) is 0 Å². The molecule has 0 fully saturated rings. The van der Waals surface area contributed by atoms with Crippen LogP contribution in [0.2, 0.25) is 0 Å². The molecule has 4 aromatic rings. The smallest absolute Gasteiger partial charge is 0.0725 e. The number of fused-ring (bicyclic) bond motifs is 2. The monoisotopic (exact) mass is 334 g/mol. The minimum Gasteiger partial charge on any atom is -0.256 e. The summed E-state index contributed by atoms with van der Waals surface area (Å²) in [7, 11) is 0. The third kappa shape index (κ3) is 2.20. The predicted molar refractivity (Wildman–Crippen MR) is 90.2 cm³/mol. The number of hydrogen-bond donors (Lipinski definition) is 0. The first kappa shape index (κ1) is 12.5. The molecular weight excluding hydrogens is 324 g/mol. The van der Waals surface area contributed by atoms with E-state index in [9.17, 15) is 0 Å². The summed E-state index contributed by atoms with van der Waals surface area (Å²) in [5, 5.41) is 2.25. The second-order valence-electron chi connectivity index (χ2n) is 4.92. The Labute approximate surface area is 130 Å². The Hall–Kier alpha value is -2.26. The zero-order valence-corrected chi connectivity index (χ0v) is 12.7. The molecular formula is C18H11BrN2. The van der Waals surface area contributed by atoms with E-state index in [2.05, 4.69) is 39.1 Å². The van der Waals surface area contributed by atoms with Gasteiger partial charge in [0.15, 0.2) is 0 Å². The molecule has 0 saturated carbocycles. The number of benzene rings is 2. The van der Waals surface area contributed by atoms with E-state index in [1.807, 2.05) is 48.7 Å². The third-order valence-corrected chi connectivity index (χ3v) is 4.26. The lowest BCUT2D eigenvalue weighted by atomic mass is 10.1. The lowest BCUT2D eigenvalue weighted by Crippen LogP contribution is -1.87. The second kappa shape index (κ2) is 4.93. The number of hydrogen-bond acceptors (Lipinski definition) is 2. The van der Waals surface area contributed by atoms with Crippen molar-refractivity contribution in [2.75, 3.05) is 0 Å². The highest BCUT2D eigenvalue weighted by molar-refractivity contribution is 9.10. The maximum absolute atomic E-state index is 4.74. The molecule has 2 aromatic carbocycles. The van der Waals surface area contributed by atoms with Crippen molar-refractivity contribution >= 4 is 37.7 Å². The van der Waals surface area contributed by atoms with Crippen LogP contribution in [0.1, 0.15) is 0 Å². The largest absolute Gasteiger partial charge is 0.256 e. The maximum Gasteiger partial charge on any atom is 0.0725 e. The van der Waals surface area contributed by atoms with E-state index in [1.165, 1.54) is 0 Å². The van der Waals surface area contributed by atoms with Crippen molar-refractivity contribution in [3.63, 3.8) is 0 Å². The molecule has 0 atom stereocenters. The van der Waals surface area contributed by atoms with Crippen molar-refractivity contribution in [3.8, 4) is 11.3 Å². The SMILES string of the molecule is Brc1cccc2nc(-c3cnc4ccccc4c3)ccc12. The first-order valence-electron chi connectivity index (χ1n) is 6.72. The molecule has 2 heterocycles. The second-order valence-corrected chi connectivity index (χ2v) is 5.77. The summed E-state index contributed by atoms with van der Waals surface area (Å²) in [6.45, 7) is 0. The molecule has 4 rings (SSSR count). The Balaban J connectivity index is 1.91. The van der Waals surface area contributed by atoms with Crippen molar-refractivity contribution in [3.05, 3.63) is 71.3 Å². The van der Waals surface area contributed by atoms with Crippen molar-refractivity contribution in [1.82, 2.24) is 9.97 Å². The van der Waals surface area contributed by atoms with Crippen LogP contribution in [0, 0.1) is 0 Å². The third-order valence-electron chi connectivity index (χ3n) is 3.56. The van der Waals surface area contributed by atoms with E-state index < -0.39 is 0 Å². The van der Waals surface area contributed by atoms with E-state index in [4.69, 9.17) is 4.98 Å². The van der Waals surface area contributed by atoms with Gasteiger partial charge in [0.1, 0.15) is 0 Å². The lowest BCUT2D eigenvalue weighted by Gasteiger charge is -2.05. The fourth-order valence-corrected chi connectivity index (χ4v) is 2.98. The molecule has 2 aromatic heterocycles. The average molecular weight is 335 g/mol. The maximum atomic E-state index is 4.74. The van der Waals surface area contributed by atoms with E-state index in [-0.39, 0.29) is 0 Å². The summed E-state index contributed by atoms with van der Waals surface area (Å²) in [6.07, 6.45) is 1.88. The highest BCUT2D eigenvalue weighted by Crippen LogP contribution is 2.27. The van der Waals surface area contributed by atoms with Gasteiger partial charge < -0.3 is 0 Å². The highest BCUT2D eigenvalue weighted by Gasteiger charge is 2.05. The quantitative estimate of drug-likeness (QED) is 0.477. The molecule has 0 amide bonds. The first-order valence-corrected chi connectivity index (χ1v) is 7.51. The summed E-state index contributed by atoms with van der Waals surface area (Å²) in [5.74, 6) is 0. The molecule has 0 aliphatic heterocycles. The van der Waals surface area contributed by atoms with Crippen LogP contribution in [0.25, 0.3) is 33.1 Å². The molecule has 0 N–H and O–H groups in total. The summed E-state index contributed by atoms with van der Waals surface area (Å²) in [4.78, 5) is 9.25. The number of nitrogens with zero attached hydrogens (tertiary/aromatic N) is 2. The minimum atomic E-state index is 0.943. The van der Waals surface area contributed by atoms with E-state index >= 15 is 0 Å². The van der Waals surface area contributed by atoms with E-state index in [0.717, 1.165) is 37.5 Å². The summed E-state index contributed by atoms with van der Waals surface area (Å²) < 4.78 is 1.07. The molecule has 0 unspecified atom stereocenters. The van der Waals surface area contributed by atoms with Crippen LogP contribution in [0.4, 0.5) is 0 Å². The van der Waals surface area contributed by atoms with Gasteiger partial charge >= 0.3 is 0 Å². The van der Waals surface area contributed by atoms with Gasteiger partial charge in [0.2, 0.25) is 0 Å². The zero-order valence-electron chi connectivity index (χ0n) is 11.1. The van der Waals surface area contributed by atoms with Crippen LogP contribution in [-0.4, -0.2) is 9.97 Å². The Bertz CT molecular complexity index is 963. The molecule has 0 bridgehead atoms. The van der Waals surface area contributed by atoms with Crippen LogP contribution in [0.5, 0.6) is 0 Å². The van der Waals surface area contributed by atoms with Gasteiger partial charge in [0, 0.05) is 27.0 Å². The van der Waals surface area contributed by atoms with Gasteiger partial charge in [0.05, 0.1) is 16.7 Å². The minimum absolute atomic E-state index is 0.943. The van der Waals surface area contributed by atoms with Gasteiger partial charge in [-0.2, -0.15) is 0 Å². The molecule has 21 heavy (non-hydrogen) atoms.